The molecule has 1 atom stereocenters. The second kappa shape index (κ2) is 8.91. The van der Waals surface area contributed by atoms with Crippen molar-refractivity contribution in [3.63, 3.8) is 0 Å². The molecule has 1 fully saturated rings. The van der Waals surface area contributed by atoms with Crippen LogP contribution in [-0.4, -0.2) is 71.2 Å². The van der Waals surface area contributed by atoms with Crippen LogP contribution in [-0.2, 0) is 9.53 Å². The van der Waals surface area contributed by atoms with E-state index < -0.39 is 0 Å². The second-order valence-corrected chi connectivity index (χ2v) is 8.32. The number of amides is 1. The summed E-state index contributed by atoms with van der Waals surface area (Å²) in [6.45, 7) is 6.58. The van der Waals surface area contributed by atoms with Gasteiger partial charge in [0, 0.05) is 27.2 Å². The molecular formula is C19H26FN5O2S. The predicted molar refractivity (Wildman–Crippen MR) is 108 cm³/mol. The van der Waals surface area contributed by atoms with Crippen molar-refractivity contribution in [1.82, 2.24) is 19.7 Å². The molecule has 0 radical (unpaired) electrons. The lowest BCUT2D eigenvalue weighted by Gasteiger charge is -2.28. The lowest BCUT2D eigenvalue weighted by atomic mass is 10.1. The van der Waals surface area contributed by atoms with Gasteiger partial charge in [-0.3, -0.25) is 9.36 Å². The molecular weight excluding hydrogens is 381 g/mol. The Labute approximate surface area is 168 Å². The number of aromatic nitrogens is 3. The van der Waals surface area contributed by atoms with E-state index in [-0.39, 0.29) is 22.9 Å². The molecule has 1 unspecified atom stereocenters. The molecule has 1 amide bonds. The van der Waals surface area contributed by atoms with Crippen LogP contribution in [0.3, 0.4) is 0 Å². The molecule has 9 heteroatoms. The van der Waals surface area contributed by atoms with E-state index in [9.17, 15) is 9.18 Å². The molecule has 0 spiro atoms. The van der Waals surface area contributed by atoms with Crippen LogP contribution in [0.15, 0.2) is 29.4 Å². The average molecular weight is 408 g/mol. The number of carbonyl (C=O) groups excluding carboxylic acids is 1. The first-order valence-corrected chi connectivity index (χ1v) is 10.2. The number of hydrogen-bond donors (Lipinski definition) is 0. The molecule has 1 aromatic carbocycles. The minimum Gasteiger partial charge on any atom is -0.378 e. The van der Waals surface area contributed by atoms with Crippen LogP contribution in [0.2, 0.25) is 0 Å². The number of ether oxygens (including phenoxy) is 1. The highest BCUT2D eigenvalue weighted by atomic mass is 32.2. The van der Waals surface area contributed by atoms with Crippen molar-refractivity contribution >= 4 is 23.6 Å². The van der Waals surface area contributed by atoms with Crippen molar-refractivity contribution in [2.45, 2.75) is 24.3 Å². The molecule has 3 rings (SSSR count). The fraction of sp³-hybridized carbons (Fsp3) is 0.526. The minimum atomic E-state index is -0.333. The molecule has 2 heterocycles. The topological polar surface area (TPSA) is 63.5 Å². The van der Waals surface area contributed by atoms with Crippen molar-refractivity contribution in [1.29, 1.82) is 0 Å². The standard InChI is InChI=1S/C19H26FN5O2S/c1-13(2)16(17(26)23(3)4)28-19-22-21-18(24-8-10-27-11-9-24)25(19)15-7-5-6-14(20)12-15/h5-7,12-13,16H,8-11H2,1-4H3. The van der Waals surface area contributed by atoms with Crippen LogP contribution in [0.25, 0.3) is 5.69 Å². The van der Waals surface area contributed by atoms with Crippen molar-refractivity contribution < 1.29 is 13.9 Å². The third kappa shape index (κ3) is 4.47. The molecule has 1 aliphatic rings. The number of nitrogens with zero attached hydrogens (tertiary/aromatic N) is 5. The third-order valence-electron chi connectivity index (χ3n) is 4.50. The van der Waals surface area contributed by atoms with Gasteiger partial charge >= 0.3 is 0 Å². The summed E-state index contributed by atoms with van der Waals surface area (Å²) in [5.74, 6) is 0.419. The van der Waals surface area contributed by atoms with E-state index in [1.165, 1.54) is 23.9 Å². The summed E-state index contributed by atoms with van der Waals surface area (Å²) in [7, 11) is 3.49. The summed E-state index contributed by atoms with van der Waals surface area (Å²) in [6, 6.07) is 6.34. The van der Waals surface area contributed by atoms with E-state index >= 15 is 0 Å². The number of halogens is 1. The lowest BCUT2D eigenvalue weighted by molar-refractivity contribution is -0.128. The van der Waals surface area contributed by atoms with E-state index in [1.807, 2.05) is 24.5 Å². The summed E-state index contributed by atoms with van der Waals surface area (Å²) in [6.07, 6.45) is 0. The molecule has 1 saturated heterocycles. The van der Waals surface area contributed by atoms with Gasteiger partial charge in [0.2, 0.25) is 11.9 Å². The zero-order chi connectivity index (χ0) is 20.3. The number of benzene rings is 1. The Bertz CT molecular complexity index is 820. The van der Waals surface area contributed by atoms with Gasteiger partial charge in [-0.25, -0.2) is 4.39 Å². The fourth-order valence-corrected chi connectivity index (χ4v) is 4.18. The number of hydrogen-bond acceptors (Lipinski definition) is 6. The van der Waals surface area contributed by atoms with Crippen LogP contribution in [0.1, 0.15) is 13.8 Å². The first-order valence-electron chi connectivity index (χ1n) is 9.30. The first-order chi connectivity index (χ1) is 13.4. The van der Waals surface area contributed by atoms with E-state index in [0.717, 1.165) is 0 Å². The van der Waals surface area contributed by atoms with Gasteiger partial charge < -0.3 is 14.5 Å². The summed E-state index contributed by atoms with van der Waals surface area (Å²) >= 11 is 1.36. The largest absolute Gasteiger partial charge is 0.378 e. The summed E-state index contributed by atoms with van der Waals surface area (Å²) in [5.41, 5.74) is 0.633. The Morgan fingerprint density at radius 3 is 2.57 bits per heavy atom. The Hall–Kier alpha value is -2.13. The van der Waals surface area contributed by atoms with Gasteiger partial charge in [-0.1, -0.05) is 31.7 Å². The number of rotatable bonds is 6. The van der Waals surface area contributed by atoms with Gasteiger partial charge in [0.15, 0.2) is 5.16 Å². The third-order valence-corrected chi connectivity index (χ3v) is 5.97. The van der Waals surface area contributed by atoms with Crippen molar-refractivity contribution in [2.24, 2.45) is 5.92 Å². The molecule has 0 saturated carbocycles. The monoisotopic (exact) mass is 407 g/mol. The Morgan fingerprint density at radius 1 is 1.25 bits per heavy atom. The number of carbonyl (C=O) groups is 1. The molecule has 1 aromatic heterocycles. The summed E-state index contributed by atoms with van der Waals surface area (Å²) in [4.78, 5) is 16.3. The minimum absolute atomic E-state index is 0.0155. The van der Waals surface area contributed by atoms with Crippen LogP contribution in [0.4, 0.5) is 10.3 Å². The maximum absolute atomic E-state index is 13.9. The molecule has 1 aliphatic heterocycles. The molecule has 0 N–H and O–H groups in total. The van der Waals surface area contributed by atoms with Crippen molar-refractivity contribution in [3.05, 3.63) is 30.1 Å². The number of thioether (sulfide) groups is 1. The molecule has 0 aliphatic carbocycles. The van der Waals surface area contributed by atoms with E-state index in [2.05, 4.69) is 15.1 Å². The Morgan fingerprint density at radius 2 is 1.96 bits per heavy atom. The van der Waals surface area contributed by atoms with Gasteiger partial charge in [0.25, 0.3) is 0 Å². The first kappa shape index (κ1) is 20.6. The van der Waals surface area contributed by atoms with E-state index in [4.69, 9.17) is 4.74 Å². The summed E-state index contributed by atoms with van der Waals surface area (Å²) in [5, 5.41) is 8.99. The van der Waals surface area contributed by atoms with Gasteiger partial charge in [0.05, 0.1) is 24.2 Å². The second-order valence-electron chi connectivity index (χ2n) is 7.21. The zero-order valence-corrected chi connectivity index (χ0v) is 17.4. The molecule has 28 heavy (non-hydrogen) atoms. The van der Waals surface area contributed by atoms with Gasteiger partial charge in [-0.05, 0) is 24.1 Å². The highest BCUT2D eigenvalue weighted by Gasteiger charge is 2.29. The normalized spacial score (nSPS) is 15.7. The van der Waals surface area contributed by atoms with E-state index in [0.29, 0.717) is 43.1 Å². The van der Waals surface area contributed by atoms with Crippen LogP contribution >= 0.6 is 11.8 Å². The Balaban J connectivity index is 2.03. The molecule has 0 bridgehead atoms. The van der Waals surface area contributed by atoms with Gasteiger partial charge in [-0.2, -0.15) is 0 Å². The summed E-state index contributed by atoms with van der Waals surface area (Å²) < 4.78 is 21.2. The SMILES string of the molecule is CC(C)C(Sc1nnc(N2CCOCC2)n1-c1cccc(F)c1)C(=O)N(C)C. The average Bonchev–Trinajstić information content (AvgIpc) is 3.09. The molecule has 2 aromatic rings. The van der Waals surface area contributed by atoms with Crippen molar-refractivity contribution in [2.75, 3.05) is 45.3 Å². The van der Waals surface area contributed by atoms with Crippen LogP contribution in [0, 0.1) is 11.7 Å². The number of anilines is 1. The Kier molecular flexibility index (Phi) is 6.56. The lowest BCUT2D eigenvalue weighted by Crippen LogP contribution is -2.38. The maximum Gasteiger partial charge on any atom is 0.235 e. The zero-order valence-electron chi connectivity index (χ0n) is 16.6. The van der Waals surface area contributed by atoms with Crippen molar-refractivity contribution in [3.8, 4) is 5.69 Å². The van der Waals surface area contributed by atoms with Crippen LogP contribution < -0.4 is 4.90 Å². The van der Waals surface area contributed by atoms with Gasteiger partial charge in [-0.15, -0.1) is 10.2 Å². The number of morpholine rings is 1. The highest BCUT2D eigenvalue weighted by Crippen LogP contribution is 2.33. The smallest absolute Gasteiger partial charge is 0.235 e. The predicted octanol–water partition coefficient (Wildman–Crippen LogP) is 2.45. The quantitative estimate of drug-likeness (QED) is 0.686. The van der Waals surface area contributed by atoms with Gasteiger partial charge in [0.1, 0.15) is 5.82 Å². The molecule has 152 valence electrons. The molecule has 7 nitrogen and oxygen atoms in total. The van der Waals surface area contributed by atoms with E-state index in [1.54, 1.807) is 25.1 Å². The fourth-order valence-electron chi connectivity index (χ4n) is 2.99. The highest BCUT2D eigenvalue weighted by molar-refractivity contribution is 8.00. The maximum atomic E-state index is 13.9. The van der Waals surface area contributed by atoms with Crippen LogP contribution in [0.5, 0.6) is 0 Å².